The van der Waals surface area contributed by atoms with Gasteiger partial charge in [-0.15, -0.1) is 0 Å². The number of amides is 4. The van der Waals surface area contributed by atoms with Crippen molar-refractivity contribution in [3.05, 3.63) is 94.0 Å². The highest BCUT2D eigenvalue weighted by molar-refractivity contribution is 6.25. The smallest absolute Gasteiger partial charge is 0.266 e. The molecule has 4 aliphatic heterocycles. The molecule has 0 radical (unpaired) electrons. The van der Waals surface area contributed by atoms with Gasteiger partial charge in [-0.3, -0.25) is 38.8 Å². The van der Waals surface area contributed by atoms with Gasteiger partial charge in [0.05, 0.1) is 52.9 Å². The summed E-state index contributed by atoms with van der Waals surface area (Å²) in [6.45, 7) is 2.41. The largest absolute Gasteiger partial charge is 0.496 e. The van der Waals surface area contributed by atoms with Crippen LogP contribution in [0.25, 0.3) is 16.6 Å². The van der Waals surface area contributed by atoms with Gasteiger partial charge in [0.15, 0.2) is 11.6 Å². The van der Waals surface area contributed by atoms with Crippen molar-refractivity contribution in [1.82, 2.24) is 29.7 Å². The molecule has 304 valence electrons. The van der Waals surface area contributed by atoms with Crippen LogP contribution in [-0.4, -0.2) is 107 Å². The number of alkyl halides is 1. The number of nitrogens with one attached hydrogen (secondary N) is 1. The van der Waals surface area contributed by atoms with Crippen molar-refractivity contribution < 1.29 is 37.4 Å². The minimum absolute atomic E-state index is 0.0107. The number of ether oxygens (including phenoxy) is 2. The molecule has 2 atom stereocenters. The molecule has 60 heavy (non-hydrogen) atoms. The van der Waals surface area contributed by atoms with Gasteiger partial charge in [0.2, 0.25) is 17.8 Å². The molecule has 3 aromatic carbocycles. The lowest BCUT2D eigenvalue weighted by Crippen LogP contribution is -2.54. The average Bonchev–Trinajstić information content (AvgIpc) is 3.80. The van der Waals surface area contributed by atoms with Crippen LogP contribution in [0.3, 0.4) is 0 Å². The van der Waals surface area contributed by atoms with E-state index in [9.17, 15) is 33.6 Å². The second-order valence-corrected chi connectivity index (χ2v) is 14.6. The van der Waals surface area contributed by atoms with E-state index in [1.165, 1.54) is 48.6 Å². The Morgan fingerprint density at radius 1 is 0.867 bits per heavy atom. The van der Waals surface area contributed by atoms with E-state index in [1.54, 1.807) is 23.1 Å². The Balaban J connectivity index is 0.898. The number of imide groups is 2. The summed E-state index contributed by atoms with van der Waals surface area (Å²) in [4.78, 5) is 85.0. The molecule has 3 saturated heterocycles. The standard InChI is InChI=1S/C41H34F2N10O7/c1-59-33-15-23(14-27-35(33)40(58)53(39(27)57)32-6-7-34(54)48-37(32)55)49-10-12-50(13-11-49)41-45-18-24(19-46-41)52-21-47-30-4-2-25(16-26(30)38(52)56)60-36-28(17-44)31(5-3-29(36)43)51-9-8-22(42)20-51/h2-5,14-16,18-19,21-22,32H,6-13,20H2,1H3,(H,48,54,55)/t22-,32?/m1/s1. The Hall–Kier alpha value is -7.49. The SMILES string of the molecule is COc1cc(N2CCN(c3ncc(-n4cnc5ccc(Oc6c(F)ccc(N7CC[C@@H](F)C7)c6C#N)cc5c4=O)cn3)CC2)cc2c1C(=O)N(C1CCC(=O)NC1=O)C2=O. The molecular formula is C41H34F2N10O7. The predicted molar refractivity (Wildman–Crippen MR) is 210 cm³/mol. The lowest BCUT2D eigenvalue weighted by molar-refractivity contribution is -0.136. The first kappa shape index (κ1) is 38.1. The van der Waals surface area contributed by atoms with E-state index in [0.717, 1.165) is 11.0 Å². The highest BCUT2D eigenvalue weighted by atomic mass is 19.1. The number of piperazine rings is 1. The van der Waals surface area contributed by atoms with Crippen LogP contribution in [-0.2, 0) is 9.59 Å². The number of benzene rings is 3. The van der Waals surface area contributed by atoms with Crippen molar-refractivity contribution in [3.8, 4) is 29.0 Å². The fourth-order valence-corrected chi connectivity index (χ4v) is 8.08. The lowest BCUT2D eigenvalue weighted by Gasteiger charge is -2.36. The fraction of sp³-hybridized carbons (Fsp3) is 0.293. The Bertz CT molecular complexity index is 2730. The number of carbonyl (C=O) groups is 4. The molecular weight excluding hydrogens is 783 g/mol. The first-order chi connectivity index (χ1) is 29.0. The Morgan fingerprint density at radius 2 is 1.63 bits per heavy atom. The molecule has 4 aliphatic rings. The lowest BCUT2D eigenvalue weighted by atomic mass is 10.0. The Kier molecular flexibility index (Phi) is 9.53. The third-order valence-corrected chi connectivity index (χ3v) is 11.2. The number of nitrogens with zero attached hydrogens (tertiary/aromatic N) is 9. The van der Waals surface area contributed by atoms with Crippen LogP contribution in [0.2, 0.25) is 0 Å². The molecule has 1 N–H and O–H groups in total. The number of hydrogen-bond donors (Lipinski definition) is 1. The molecule has 5 aromatic rings. The molecule has 0 bridgehead atoms. The van der Waals surface area contributed by atoms with Crippen molar-refractivity contribution in [3.63, 3.8) is 0 Å². The summed E-state index contributed by atoms with van der Waals surface area (Å²) in [5.41, 5.74) is 1.33. The maximum absolute atomic E-state index is 15.1. The summed E-state index contributed by atoms with van der Waals surface area (Å²) in [6, 6.07) is 11.3. The number of carbonyl (C=O) groups excluding carboxylic acids is 4. The molecule has 1 unspecified atom stereocenters. The summed E-state index contributed by atoms with van der Waals surface area (Å²) >= 11 is 0. The molecule has 2 aromatic heterocycles. The van der Waals surface area contributed by atoms with Crippen molar-refractivity contribution in [2.24, 2.45) is 0 Å². The van der Waals surface area contributed by atoms with E-state index in [1.807, 2.05) is 15.9 Å². The summed E-state index contributed by atoms with van der Waals surface area (Å²) in [5.74, 6) is -2.85. The first-order valence-corrected chi connectivity index (χ1v) is 19.1. The van der Waals surface area contributed by atoms with Crippen LogP contribution in [0.5, 0.6) is 17.2 Å². The summed E-state index contributed by atoms with van der Waals surface area (Å²) in [6.07, 6.45) is 3.63. The minimum atomic E-state index is -1.10. The Labute approximate surface area is 339 Å². The first-order valence-electron chi connectivity index (χ1n) is 19.1. The summed E-state index contributed by atoms with van der Waals surface area (Å²) < 4.78 is 41.7. The van der Waals surface area contributed by atoms with Crippen LogP contribution < -0.4 is 35.0 Å². The number of fused-ring (bicyclic) bond motifs is 2. The van der Waals surface area contributed by atoms with Crippen molar-refractivity contribution in [2.75, 3.05) is 61.1 Å². The quantitative estimate of drug-likeness (QED) is 0.224. The molecule has 0 spiro atoms. The van der Waals surface area contributed by atoms with Gasteiger partial charge < -0.3 is 24.2 Å². The van der Waals surface area contributed by atoms with E-state index < -0.39 is 47.2 Å². The molecule has 6 heterocycles. The van der Waals surface area contributed by atoms with Gasteiger partial charge in [-0.2, -0.15) is 5.26 Å². The number of anilines is 3. The number of methoxy groups -OCH3 is 1. The highest BCUT2D eigenvalue weighted by Crippen LogP contribution is 2.39. The van der Waals surface area contributed by atoms with E-state index in [-0.39, 0.29) is 58.7 Å². The van der Waals surface area contributed by atoms with Gasteiger partial charge in [0, 0.05) is 57.4 Å². The van der Waals surface area contributed by atoms with Gasteiger partial charge in [-0.25, -0.2) is 23.7 Å². The van der Waals surface area contributed by atoms with Gasteiger partial charge in [-0.05, 0) is 49.2 Å². The van der Waals surface area contributed by atoms with E-state index in [0.29, 0.717) is 67.7 Å². The maximum atomic E-state index is 15.1. The van der Waals surface area contributed by atoms with Gasteiger partial charge in [0.1, 0.15) is 41.7 Å². The molecule has 0 aliphatic carbocycles. The normalized spacial score (nSPS) is 19.2. The predicted octanol–water partition coefficient (Wildman–Crippen LogP) is 3.26. The zero-order valence-corrected chi connectivity index (χ0v) is 31.9. The number of nitriles is 1. The second-order valence-electron chi connectivity index (χ2n) is 14.6. The van der Waals surface area contributed by atoms with Crippen LogP contribution >= 0.6 is 0 Å². The zero-order chi connectivity index (χ0) is 41.8. The maximum Gasteiger partial charge on any atom is 0.266 e. The number of aromatic nitrogens is 4. The number of halogens is 2. The summed E-state index contributed by atoms with van der Waals surface area (Å²) in [7, 11) is 1.40. The Morgan fingerprint density at radius 3 is 2.33 bits per heavy atom. The van der Waals surface area contributed by atoms with Crippen LogP contribution in [0.1, 0.15) is 45.5 Å². The molecule has 17 nitrogen and oxygen atoms in total. The van der Waals surface area contributed by atoms with Gasteiger partial charge in [-0.1, -0.05) is 0 Å². The fourth-order valence-electron chi connectivity index (χ4n) is 8.08. The van der Waals surface area contributed by atoms with E-state index in [2.05, 4.69) is 20.3 Å². The second kappa shape index (κ2) is 15.0. The van der Waals surface area contributed by atoms with Gasteiger partial charge in [0.25, 0.3) is 17.4 Å². The van der Waals surface area contributed by atoms with E-state index >= 15 is 4.39 Å². The van der Waals surface area contributed by atoms with Crippen LogP contribution in [0.4, 0.5) is 26.1 Å². The average molecular weight is 817 g/mol. The minimum Gasteiger partial charge on any atom is -0.496 e. The molecule has 3 fully saturated rings. The molecule has 0 saturated carbocycles. The van der Waals surface area contributed by atoms with Gasteiger partial charge >= 0.3 is 0 Å². The summed E-state index contributed by atoms with van der Waals surface area (Å²) in [5, 5.41) is 12.3. The third kappa shape index (κ3) is 6.55. The van der Waals surface area contributed by atoms with Crippen molar-refractivity contribution in [2.45, 2.75) is 31.5 Å². The monoisotopic (exact) mass is 816 g/mol. The number of piperidine rings is 1. The molecule has 4 amide bonds. The van der Waals surface area contributed by atoms with Crippen LogP contribution in [0, 0.1) is 17.1 Å². The number of hydrogen-bond acceptors (Lipinski definition) is 14. The molecule has 9 rings (SSSR count). The van der Waals surface area contributed by atoms with Crippen LogP contribution in [0.15, 0.2) is 66.0 Å². The highest BCUT2D eigenvalue weighted by Gasteiger charge is 2.46. The number of rotatable bonds is 8. The van der Waals surface area contributed by atoms with Crippen molar-refractivity contribution >= 4 is 51.9 Å². The van der Waals surface area contributed by atoms with E-state index in [4.69, 9.17) is 9.47 Å². The van der Waals surface area contributed by atoms with Crippen molar-refractivity contribution in [1.29, 1.82) is 5.26 Å². The third-order valence-electron chi connectivity index (χ3n) is 11.2. The zero-order valence-electron chi connectivity index (χ0n) is 31.9. The molecule has 19 heteroatoms. The topological polar surface area (TPSA) is 196 Å².